The van der Waals surface area contributed by atoms with E-state index in [9.17, 15) is 0 Å². The van der Waals surface area contributed by atoms with Crippen molar-refractivity contribution < 1.29 is 18.8 Å². The number of thiophene rings is 1. The third-order valence-electron chi connectivity index (χ3n) is 3.79. The van der Waals surface area contributed by atoms with Gasteiger partial charge in [0.05, 0.1) is 25.6 Å². The van der Waals surface area contributed by atoms with Gasteiger partial charge < -0.3 is 18.8 Å². The number of aromatic nitrogens is 2. The molecule has 1 aromatic carbocycles. The van der Waals surface area contributed by atoms with Crippen LogP contribution in [0, 0.1) is 4.84 Å². The van der Waals surface area contributed by atoms with Gasteiger partial charge in [-0.2, -0.15) is 4.68 Å². The Balaban J connectivity index is 1.69. The van der Waals surface area contributed by atoms with Crippen molar-refractivity contribution in [2.45, 2.75) is 20.1 Å². The Kier molecular flexibility index (Phi) is 6.08. The number of hydrogen-bond donors (Lipinski definition) is 1. The molecule has 0 spiro atoms. The van der Waals surface area contributed by atoms with Gasteiger partial charge in [0.25, 0.3) is 10.7 Å². The van der Waals surface area contributed by atoms with E-state index in [2.05, 4.69) is 18.2 Å². The van der Waals surface area contributed by atoms with E-state index in [4.69, 9.17) is 26.1 Å². The molecule has 2 aromatic heterocycles. The van der Waals surface area contributed by atoms with Crippen LogP contribution in [0.5, 0.6) is 11.5 Å². The molecule has 8 heteroatoms. The summed E-state index contributed by atoms with van der Waals surface area (Å²) in [5.41, 5.74) is 1.15. The second kappa shape index (κ2) is 8.48. The molecular formula is C18H22N3O3S2+. The predicted octanol–water partition coefficient (Wildman–Crippen LogP) is 3.01. The molecule has 26 heavy (non-hydrogen) atoms. The van der Waals surface area contributed by atoms with Crippen molar-refractivity contribution in [1.29, 1.82) is 0 Å². The minimum Gasteiger partial charge on any atom is -0.493 e. The zero-order chi connectivity index (χ0) is 18.5. The molecule has 0 radical (unpaired) electrons. The maximum absolute atomic E-state index is 5.62. The van der Waals surface area contributed by atoms with Crippen molar-refractivity contribution in [2.24, 2.45) is 0 Å². The smallest absolute Gasteiger partial charge is 0.292 e. The largest absolute Gasteiger partial charge is 0.493 e. The number of ether oxygens (including phenoxy) is 2. The Hall–Kier alpha value is -2.16. The first-order valence-corrected chi connectivity index (χ1v) is 9.62. The van der Waals surface area contributed by atoms with Crippen LogP contribution in [0.25, 0.3) is 10.8 Å². The highest BCUT2D eigenvalue weighted by Crippen LogP contribution is 2.27. The fourth-order valence-corrected chi connectivity index (χ4v) is 3.49. The number of benzene rings is 1. The van der Waals surface area contributed by atoms with Crippen LogP contribution in [0.1, 0.15) is 12.5 Å². The minimum atomic E-state index is 0.386. The van der Waals surface area contributed by atoms with Gasteiger partial charge in [0.1, 0.15) is 6.54 Å². The third-order valence-corrected chi connectivity index (χ3v) is 4.94. The lowest BCUT2D eigenvalue weighted by molar-refractivity contribution is -0.917. The normalized spacial score (nSPS) is 12.1. The van der Waals surface area contributed by atoms with Gasteiger partial charge in [0.15, 0.2) is 18.2 Å². The number of hydrogen-bond acceptors (Lipinski definition) is 6. The molecule has 0 saturated heterocycles. The predicted molar refractivity (Wildman–Crippen MR) is 103 cm³/mol. The van der Waals surface area contributed by atoms with E-state index in [0.717, 1.165) is 28.5 Å². The molecule has 0 bridgehead atoms. The van der Waals surface area contributed by atoms with E-state index in [1.165, 1.54) is 4.90 Å². The van der Waals surface area contributed by atoms with Crippen molar-refractivity contribution in [1.82, 2.24) is 9.78 Å². The number of methoxy groups -OCH3 is 1. The van der Waals surface area contributed by atoms with Crippen LogP contribution >= 0.6 is 23.6 Å². The van der Waals surface area contributed by atoms with Crippen LogP contribution in [0.3, 0.4) is 0 Å². The van der Waals surface area contributed by atoms with E-state index >= 15 is 0 Å². The molecule has 0 aliphatic heterocycles. The Morgan fingerprint density at radius 3 is 2.85 bits per heavy atom. The highest BCUT2D eigenvalue weighted by molar-refractivity contribution is 7.71. The zero-order valence-electron chi connectivity index (χ0n) is 15.0. The first kappa shape index (κ1) is 18.6. The minimum absolute atomic E-state index is 0.386. The number of rotatable bonds is 8. The Morgan fingerprint density at radius 1 is 1.31 bits per heavy atom. The topological polar surface area (TPSA) is 53.9 Å². The van der Waals surface area contributed by atoms with Gasteiger partial charge in [-0.05, 0) is 48.8 Å². The van der Waals surface area contributed by atoms with Crippen LogP contribution in [-0.2, 0) is 13.2 Å². The molecule has 0 fully saturated rings. The summed E-state index contributed by atoms with van der Waals surface area (Å²) in [4.78, 5) is 2.58. The highest BCUT2D eigenvalue weighted by atomic mass is 32.1. The number of quaternary nitrogens is 1. The SMILES string of the molecule is CCOc1ccc(C[NH+](C)Cn2nc(-c3cccs3)oc2=S)cc1OC. The van der Waals surface area contributed by atoms with Gasteiger partial charge in [0, 0.05) is 5.56 Å². The highest BCUT2D eigenvalue weighted by Gasteiger charge is 2.14. The number of nitrogens with zero attached hydrogens (tertiary/aromatic N) is 2. The van der Waals surface area contributed by atoms with Gasteiger partial charge in [-0.15, -0.1) is 16.4 Å². The molecule has 1 N–H and O–H groups in total. The summed E-state index contributed by atoms with van der Waals surface area (Å²) in [5.74, 6) is 2.08. The first-order valence-electron chi connectivity index (χ1n) is 8.33. The Labute approximate surface area is 161 Å². The molecule has 0 amide bonds. The monoisotopic (exact) mass is 392 g/mol. The second-order valence-electron chi connectivity index (χ2n) is 5.86. The van der Waals surface area contributed by atoms with Crippen molar-refractivity contribution in [3.8, 4) is 22.3 Å². The van der Waals surface area contributed by atoms with Crippen LogP contribution in [-0.4, -0.2) is 30.5 Å². The average Bonchev–Trinajstić information content (AvgIpc) is 3.27. The van der Waals surface area contributed by atoms with Crippen LogP contribution in [0.15, 0.2) is 40.1 Å². The first-order chi connectivity index (χ1) is 12.6. The summed E-state index contributed by atoms with van der Waals surface area (Å²) in [5, 5.41) is 6.49. The number of nitrogens with one attached hydrogen (secondary N) is 1. The summed E-state index contributed by atoms with van der Waals surface area (Å²) in [6, 6.07) is 9.94. The quantitative estimate of drug-likeness (QED) is 0.597. The van der Waals surface area contributed by atoms with Crippen molar-refractivity contribution in [2.75, 3.05) is 20.8 Å². The van der Waals surface area contributed by atoms with E-state index in [1.54, 1.807) is 23.1 Å². The lowest BCUT2D eigenvalue weighted by atomic mass is 10.2. The van der Waals surface area contributed by atoms with E-state index in [1.807, 2.05) is 36.6 Å². The molecule has 0 aliphatic carbocycles. The summed E-state index contributed by atoms with van der Waals surface area (Å²) in [6.45, 7) is 3.98. The molecular weight excluding hydrogens is 370 g/mol. The molecule has 0 aliphatic rings. The van der Waals surface area contributed by atoms with E-state index in [0.29, 0.717) is 24.0 Å². The van der Waals surface area contributed by atoms with Crippen LogP contribution in [0.2, 0.25) is 0 Å². The molecule has 0 saturated carbocycles. The van der Waals surface area contributed by atoms with Gasteiger partial charge >= 0.3 is 0 Å². The summed E-state index contributed by atoms with van der Waals surface area (Å²) < 4.78 is 18.3. The van der Waals surface area contributed by atoms with Gasteiger partial charge in [-0.25, -0.2) is 0 Å². The van der Waals surface area contributed by atoms with Crippen LogP contribution < -0.4 is 14.4 Å². The average molecular weight is 393 g/mol. The fraction of sp³-hybridized carbons (Fsp3) is 0.333. The standard InChI is InChI=1S/C18H21N3O3S2/c1-4-23-14-8-7-13(10-15(14)22-3)11-20(2)12-21-18(25)24-17(19-21)16-6-5-9-26-16/h5-10H,4,11-12H2,1-3H3/p+1. The maximum Gasteiger partial charge on any atom is 0.292 e. The summed E-state index contributed by atoms with van der Waals surface area (Å²) in [7, 11) is 3.74. The Morgan fingerprint density at radius 2 is 2.15 bits per heavy atom. The second-order valence-corrected chi connectivity index (χ2v) is 7.16. The fourth-order valence-electron chi connectivity index (χ4n) is 2.66. The van der Waals surface area contributed by atoms with Crippen molar-refractivity contribution in [3.63, 3.8) is 0 Å². The Bertz CT molecular complexity index is 903. The van der Waals surface area contributed by atoms with Gasteiger partial charge in [-0.3, -0.25) is 0 Å². The third kappa shape index (κ3) is 4.32. The van der Waals surface area contributed by atoms with Crippen LogP contribution in [0.4, 0.5) is 0 Å². The maximum atomic E-state index is 5.62. The van der Waals surface area contributed by atoms with Crippen molar-refractivity contribution >= 4 is 23.6 Å². The molecule has 1 atom stereocenters. The zero-order valence-corrected chi connectivity index (χ0v) is 16.7. The molecule has 3 rings (SSSR count). The molecule has 2 heterocycles. The molecule has 6 nitrogen and oxygen atoms in total. The van der Waals surface area contributed by atoms with Crippen molar-refractivity contribution in [3.05, 3.63) is 46.1 Å². The lowest BCUT2D eigenvalue weighted by Gasteiger charge is -2.15. The summed E-state index contributed by atoms with van der Waals surface area (Å²) >= 11 is 6.88. The molecule has 3 aromatic rings. The lowest BCUT2D eigenvalue weighted by Crippen LogP contribution is -3.07. The summed E-state index contributed by atoms with van der Waals surface area (Å²) in [6.07, 6.45) is 0. The van der Waals surface area contributed by atoms with Gasteiger partial charge in [-0.1, -0.05) is 6.07 Å². The van der Waals surface area contributed by atoms with Gasteiger partial charge in [0.2, 0.25) is 0 Å². The molecule has 1 unspecified atom stereocenters. The van der Waals surface area contributed by atoms with E-state index in [-0.39, 0.29) is 0 Å². The van der Waals surface area contributed by atoms with E-state index < -0.39 is 0 Å². The molecule has 138 valence electrons.